The van der Waals surface area contributed by atoms with Crippen molar-refractivity contribution in [2.75, 3.05) is 19.8 Å². The second-order valence-corrected chi connectivity index (χ2v) is 5.21. The molecule has 0 aromatic carbocycles. The van der Waals surface area contributed by atoms with Gasteiger partial charge in [-0.3, -0.25) is 0 Å². The molecule has 0 aliphatic carbocycles. The number of hydrogen-bond donors (Lipinski definition) is 0. The molecule has 0 bridgehead atoms. The highest BCUT2D eigenvalue weighted by Gasteiger charge is 2.26. The van der Waals surface area contributed by atoms with Crippen molar-refractivity contribution in [2.45, 2.75) is 36.7 Å². The molecule has 0 aromatic heterocycles. The molecule has 0 aromatic rings. The maximum atomic E-state index is 5.83. The number of ether oxygens (including phenoxy) is 2. The third-order valence-electron chi connectivity index (χ3n) is 2.66. The van der Waals surface area contributed by atoms with Crippen LogP contribution in [0, 0.1) is 5.92 Å². The van der Waals surface area contributed by atoms with E-state index in [0.717, 1.165) is 25.7 Å². The lowest BCUT2D eigenvalue weighted by Crippen LogP contribution is -2.25. The van der Waals surface area contributed by atoms with Crippen molar-refractivity contribution in [1.29, 1.82) is 0 Å². The van der Waals surface area contributed by atoms with Gasteiger partial charge in [0.2, 0.25) is 0 Å². The largest absolute Gasteiger partial charge is 0.378 e. The molecule has 1 rings (SSSR count). The van der Waals surface area contributed by atoms with Crippen LogP contribution in [0.4, 0.5) is 0 Å². The van der Waals surface area contributed by atoms with E-state index in [4.69, 9.17) is 9.47 Å². The second-order valence-electron chi connectivity index (χ2n) is 3.61. The Morgan fingerprint density at radius 3 is 2.54 bits per heavy atom. The quantitative estimate of drug-likeness (QED) is 0.574. The summed E-state index contributed by atoms with van der Waals surface area (Å²) < 4.78 is 11.7. The number of rotatable bonds is 5. The summed E-state index contributed by atoms with van der Waals surface area (Å²) in [5.41, 5.74) is 0. The smallest absolute Gasteiger partial charge is 0.0948 e. The van der Waals surface area contributed by atoms with E-state index in [1.54, 1.807) is 0 Å². The highest BCUT2D eigenvalue weighted by Crippen LogP contribution is 2.19. The Morgan fingerprint density at radius 1 is 1.38 bits per heavy atom. The summed E-state index contributed by atoms with van der Waals surface area (Å²) in [6.07, 6.45) is 2.77. The topological polar surface area (TPSA) is 18.5 Å². The summed E-state index contributed by atoms with van der Waals surface area (Å²) in [4.78, 5) is 0. The Morgan fingerprint density at radius 2 is 2.08 bits per heavy atom. The molecule has 2 atom stereocenters. The van der Waals surface area contributed by atoms with Gasteiger partial charge in [0, 0.05) is 6.61 Å². The zero-order chi connectivity index (χ0) is 9.68. The normalized spacial score (nSPS) is 28.6. The minimum atomic E-state index is 0.334. The van der Waals surface area contributed by atoms with Gasteiger partial charge in [-0.2, -0.15) is 0 Å². The molecule has 0 N–H and O–H groups in total. The molecule has 3 heteroatoms. The first-order valence-electron chi connectivity index (χ1n) is 5.11. The minimum Gasteiger partial charge on any atom is -0.378 e. The highest BCUT2D eigenvalue weighted by atomic mass is 127. The Hall–Kier alpha value is 0.650. The predicted molar refractivity (Wildman–Crippen MR) is 62.4 cm³/mol. The molecular formula is C10H19IO2. The van der Waals surface area contributed by atoms with Crippen molar-refractivity contribution in [3.63, 3.8) is 0 Å². The summed E-state index contributed by atoms with van der Waals surface area (Å²) in [6.45, 7) is 7.00. The van der Waals surface area contributed by atoms with Crippen LogP contribution in [0.2, 0.25) is 0 Å². The first-order valence-corrected chi connectivity index (χ1v) is 6.35. The van der Waals surface area contributed by atoms with E-state index in [2.05, 4.69) is 36.4 Å². The van der Waals surface area contributed by atoms with Gasteiger partial charge >= 0.3 is 0 Å². The molecule has 1 saturated heterocycles. The van der Waals surface area contributed by atoms with Crippen LogP contribution in [0.15, 0.2) is 0 Å². The second kappa shape index (κ2) is 6.19. The van der Waals surface area contributed by atoms with Crippen LogP contribution in [0.5, 0.6) is 0 Å². The summed E-state index contributed by atoms with van der Waals surface area (Å²) in [5.74, 6) is 0.726. The number of alkyl halides is 1. The third kappa shape index (κ3) is 3.72. The van der Waals surface area contributed by atoms with Gasteiger partial charge in [-0.1, -0.05) is 49.3 Å². The predicted octanol–water partition coefficient (Wildman–Crippen LogP) is 2.64. The molecule has 0 spiro atoms. The zero-order valence-corrected chi connectivity index (χ0v) is 10.6. The van der Waals surface area contributed by atoms with Crippen LogP contribution in [0.3, 0.4) is 0 Å². The standard InChI is InChI=1S/C10H19IO2/c1-3-8(4-2)5-13-10-7-12-6-9(10)11/h8-10H,3-7H2,1-2H3. The van der Waals surface area contributed by atoms with Gasteiger partial charge in [0.05, 0.1) is 23.2 Å². The van der Waals surface area contributed by atoms with Gasteiger partial charge in [0.25, 0.3) is 0 Å². The molecule has 2 nitrogen and oxygen atoms in total. The van der Waals surface area contributed by atoms with E-state index < -0.39 is 0 Å². The molecule has 1 fully saturated rings. The molecule has 1 heterocycles. The fraction of sp³-hybridized carbons (Fsp3) is 1.00. The Kier molecular flexibility index (Phi) is 5.58. The van der Waals surface area contributed by atoms with Crippen LogP contribution in [0.25, 0.3) is 0 Å². The van der Waals surface area contributed by atoms with Crippen LogP contribution >= 0.6 is 22.6 Å². The molecule has 2 unspecified atom stereocenters. The van der Waals surface area contributed by atoms with Crippen molar-refractivity contribution in [2.24, 2.45) is 5.92 Å². The van der Waals surface area contributed by atoms with Gasteiger partial charge in [0.1, 0.15) is 0 Å². The van der Waals surface area contributed by atoms with Crippen molar-refractivity contribution in [3.8, 4) is 0 Å². The molecule has 1 aliphatic heterocycles. The molecule has 0 saturated carbocycles. The summed E-state index contributed by atoms with van der Waals surface area (Å²) in [5, 5.41) is 0. The maximum Gasteiger partial charge on any atom is 0.0948 e. The fourth-order valence-corrected chi connectivity index (χ4v) is 2.11. The average Bonchev–Trinajstić information content (AvgIpc) is 2.54. The zero-order valence-electron chi connectivity index (χ0n) is 8.46. The van der Waals surface area contributed by atoms with Crippen LogP contribution in [-0.4, -0.2) is 29.8 Å². The summed E-state index contributed by atoms with van der Waals surface area (Å²) in [7, 11) is 0. The van der Waals surface area contributed by atoms with Crippen LogP contribution < -0.4 is 0 Å². The Bertz CT molecular complexity index is 137. The lowest BCUT2D eigenvalue weighted by molar-refractivity contribution is 0.0232. The number of halogens is 1. The Labute approximate surface area is 94.5 Å². The van der Waals surface area contributed by atoms with E-state index in [1.807, 2.05) is 0 Å². The number of hydrogen-bond acceptors (Lipinski definition) is 2. The molecule has 1 aliphatic rings. The minimum absolute atomic E-state index is 0.334. The van der Waals surface area contributed by atoms with Gasteiger partial charge in [-0.05, 0) is 5.92 Å². The van der Waals surface area contributed by atoms with E-state index in [1.165, 1.54) is 12.8 Å². The third-order valence-corrected chi connectivity index (χ3v) is 3.83. The molecule has 0 radical (unpaired) electrons. The molecular weight excluding hydrogens is 279 g/mol. The Balaban J connectivity index is 2.17. The van der Waals surface area contributed by atoms with Crippen LogP contribution in [0.1, 0.15) is 26.7 Å². The highest BCUT2D eigenvalue weighted by molar-refractivity contribution is 14.1. The lowest BCUT2D eigenvalue weighted by atomic mass is 10.1. The van der Waals surface area contributed by atoms with E-state index in [-0.39, 0.29) is 0 Å². The summed E-state index contributed by atoms with van der Waals surface area (Å²) >= 11 is 2.41. The van der Waals surface area contributed by atoms with Gasteiger partial charge in [-0.25, -0.2) is 0 Å². The van der Waals surface area contributed by atoms with E-state index in [0.29, 0.717) is 10.0 Å². The van der Waals surface area contributed by atoms with E-state index in [9.17, 15) is 0 Å². The first kappa shape index (κ1) is 11.7. The molecule has 0 amide bonds. The van der Waals surface area contributed by atoms with Crippen molar-refractivity contribution in [3.05, 3.63) is 0 Å². The SMILES string of the molecule is CCC(CC)COC1COCC1I. The van der Waals surface area contributed by atoms with Crippen molar-refractivity contribution in [1.82, 2.24) is 0 Å². The maximum absolute atomic E-state index is 5.83. The fourth-order valence-electron chi connectivity index (χ4n) is 1.45. The van der Waals surface area contributed by atoms with E-state index >= 15 is 0 Å². The summed E-state index contributed by atoms with van der Waals surface area (Å²) in [6, 6.07) is 0. The van der Waals surface area contributed by atoms with Crippen molar-refractivity contribution >= 4 is 22.6 Å². The average molecular weight is 298 g/mol. The van der Waals surface area contributed by atoms with Gasteiger partial charge in [-0.15, -0.1) is 0 Å². The monoisotopic (exact) mass is 298 g/mol. The first-order chi connectivity index (χ1) is 6.27. The lowest BCUT2D eigenvalue weighted by Gasteiger charge is -2.18. The van der Waals surface area contributed by atoms with Crippen molar-refractivity contribution < 1.29 is 9.47 Å². The van der Waals surface area contributed by atoms with Gasteiger partial charge in [0.15, 0.2) is 0 Å². The molecule has 13 heavy (non-hydrogen) atoms. The van der Waals surface area contributed by atoms with Gasteiger partial charge < -0.3 is 9.47 Å². The van der Waals surface area contributed by atoms with Crippen LogP contribution in [-0.2, 0) is 9.47 Å². The molecule has 78 valence electrons.